The zero-order valence-corrected chi connectivity index (χ0v) is 13.2. The highest BCUT2D eigenvalue weighted by Crippen LogP contribution is 2.13. The van der Waals surface area contributed by atoms with Crippen LogP contribution in [0.15, 0.2) is 24.3 Å². The molecule has 0 radical (unpaired) electrons. The third kappa shape index (κ3) is 8.81. The first-order chi connectivity index (χ1) is 10.3. The Hall–Kier alpha value is -0.970. The topological polar surface area (TPSA) is 30.5 Å². The van der Waals surface area contributed by atoms with Gasteiger partial charge in [-0.1, -0.05) is 19.1 Å². The number of benzene rings is 1. The minimum absolute atomic E-state index is 0.162. The van der Waals surface area contributed by atoms with Gasteiger partial charge in [0.1, 0.15) is 5.82 Å². The fourth-order valence-corrected chi connectivity index (χ4v) is 2.28. The maximum atomic E-state index is 13.2. The number of nitrogens with one attached hydrogen (secondary N) is 1. The Morgan fingerprint density at radius 2 is 2.10 bits per heavy atom. The first kappa shape index (κ1) is 18.1. The molecule has 120 valence electrons. The van der Waals surface area contributed by atoms with Crippen molar-refractivity contribution in [2.45, 2.75) is 26.2 Å². The monoisotopic (exact) mass is 297 g/mol. The van der Waals surface area contributed by atoms with Crippen molar-refractivity contribution in [2.75, 3.05) is 40.0 Å². The van der Waals surface area contributed by atoms with Crippen molar-refractivity contribution in [3.63, 3.8) is 0 Å². The molecule has 1 unspecified atom stereocenters. The van der Waals surface area contributed by atoms with Crippen molar-refractivity contribution in [1.29, 1.82) is 0 Å². The Kier molecular flexibility index (Phi) is 10.0. The van der Waals surface area contributed by atoms with Crippen molar-refractivity contribution in [2.24, 2.45) is 5.92 Å². The zero-order chi connectivity index (χ0) is 15.3. The zero-order valence-electron chi connectivity index (χ0n) is 13.2. The predicted octanol–water partition coefficient (Wildman–Crippen LogP) is 3.04. The summed E-state index contributed by atoms with van der Waals surface area (Å²) >= 11 is 0. The number of ether oxygens (including phenoxy) is 2. The smallest absolute Gasteiger partial charge is 0.123 e. The summed E-state index contributed by atoms with van der Waals surface area (Å²) in [6.07, 6.45) is 2.79. The molecule has 21 heavy (non-hydrogen) atoms. The first-order valence-corrected chi connectivity index (χ1v) is 7.78. The van der Waals surface area contributed by atoms with Crippen LogP contribution in [0.1, 0.15) is 25.3 Å². The molecule has 1 N–H and O–H groups in total. The van der Waals surface area contributed by atoms with Crippen LogP contribution in [0.5, 0.6) is 0 Å². The van der Waals surface area contributed by atoms with E-state index in [1.807, 2.05) is 6.07 Å². The molecule has 0 amide bonds. The Bertz CT molecular complexity index is 374. The lowest BCUT2D eigenvalue weighted by atomic mass is 9.96. The van der Waals surface area contributed by atoms with E-state index >= 15 is 0 Å². The SMILES string of the molecule is CCNCC(CCOCCCOC)Cc1cccc(F)c1. The van der Waals surface area contributed by atoms with Gasteiger partial charge in [-0.15, -0.1) is 0 Å². The average Bonchev–Trinajstić information content (AvgIpc) is 2.48. The summed E-state index contributed by atoms with van der Waals surface area (Å²) < 4.78 is 23.9. The van der Waals surface area contributed by atoms with Gasteiger partial charge in [-0.25, -0.2) is 4.39 Å². The largest absolute Gasteiger partial charge is 0.385 e. The Morgan fingerprint density at radius 1 is 1.24 bits per heavy atom. The first-order valence-electron chi connectivity index (χ1n) is 7.78. The summed E-state index contributed by atoms with van der Waals surface area (Å²) in [5, 5.41) is 3.38. The summed E-state index contributed by atoms with van der Waals surface area (Å²) in [5.41, 5.74) is 1.05. The molecule has 0 aromatic heterocycles. The van der Waals surface area contributed by atoms with Crippen molar-refractivity contribution in [3.05, 3.63) is 35.6 Å². The van der Waals surface area contributed by atoms with Gasteiger partial charge in [-0.05, 0) is 56.0 Å². The molecule has 0 saturated carbocycles. The van der Waals surface area contributed by atoms with Crippen molar-refractivity contribution >= 4 is 0 Å². The average molecular weight is 297 g/mol. The highest BCUT2D eigenvalue weighted by Gasteiger charge is 2.10. The van der Waals surface area contributed by atoms with Gasteiger partial charge in [0, 0.05) is 26.9 Å². The van der Waals surface area contributed by atoms with Crippen LogP contribution < -0.4 is 5.32 Å². The quantitative estimate of drug-likeness (QED) is 0.602. The molecular formula is C17H28FNO2. The van der Waals surface area contributed by atoms with E-state index in [0.29, 0.717) is 5.92 Å². The molecule has 1 aromatic carbocycles. The number of hydrogen-bond donors (Lipinski definition) is 1. The minimum atomic E-state index is -0.162. The fourth-order valence-electron chi connectivity index (χ4n) is 2.28. The summed E-state index contributed by atoms with van der Waals surface area (Å²) in [6, 6.07) is 6.87. The highest BCUT2D eigenvalue weighted by atomic mass is 19.1. The molecule has 1 aromatic rings. The van der Waals surface area contributed by atoms with Gasteiger partial charge >= 0.3 is 0 Å². The molecule has 0 bridgehead atoms. The van der Waals surface area contributed by atoms with Gasteiger partial charge in [0.05, 0.1) is 0 Å². The predicted molar refractivity (Wildman–Crippen MR) is 84.1 cm³/mol. The van der Waals surface area contributed by atoms with Gasteiger partial charge in [-0.3, -0.25) is 0 Å². The van der Waals surface area contributed by atoms with Crippen LogP contribution in [0.2, 0.25) is 0 Å². The van der Waals surface area contributed by atoms with E-state index in [9.17, 15) is 4.39 Å². The lowest BCUT2D eigenvalue weighted by molar-refractivity contribution is 0.0935. The van der Waals surface area contributed by atoms with Crippen LogP contribution in [-0.4, -0.2) is 40.0 Å². The second-order valence-electron chi connectivity index (χ2n) is 5.26. The van der Waals surface area contributed by atoms with E-state index in [4.69, 9.17) is 9.47 Å². The molecule has 0 spiro atoms. The summed E-state index contributed by atoms with van der Waals surface area (Å²) in [6.45, 7) is 6.21. The van der Waals surface area contributed by atoms with E-state index in [2.05, 4.69) is 12.2 Å². The van der Waals surface area contributed by atoms with Crippen molar-refractivity contribution in [3.8, 4) is 0 Å². The Balaban J connectivity index is 2.33. The molecule has 0 heterocycles. The standard InChI is InChI=1S/C17H28FNO2/c1-3-19-14-16(8-11-21-10-5-9-20-2)12-15-6-4-7-17(18)13-15/h4,6-7,13,16,19H,3,5,8-12,14H2,1-2H3. The van der Waals surface area contributed by atoms with Crippen LogP contribution in [0.25, 0.3) is 0 Å². The van der Waals surface area contributed by atoms with Crippen LogP contribution in [-0.2, 0) is 15.9 Å². The minimum Gasteiger partial charge on any atom is -0.385 e. The van der Waals surface area contributed by atoms with E-state index < -0.39 is 0 Å². The molecule has 0 aliphatic rings. The Labute approximate surface area is 127 Å². The van der Waals surface area contributed by atoms with Gasteiger partial charge in [0.15, 0.2) is 0 Å². The molecule has 0 fully saturated rings. The van der Waals surface area contributed by atoms with Gasteiger partial charge in [0.25, 0.3) is 0 Å². The maximum absolute atomic E-state index is 13.2. The molecule has 4 heteroatoms. The molecule has 1 atom stereocenters. The molecule has 0 aliphatic heterocycles. The molecular weight excluding hydrogens is 269 g/mol. The van der Waals surface area contributed by atoms with Gasteiger partial charge in [0.2, 0.25) is 0 Å². The maximum Gasteiger partial charge on any atom is 0.123 e. The number of methoxy groups -OCH3 is 1. The molecule has 0 saturated heterocycles. The fraction of sp³-hybridized carbons (Fsp3) is 0.647. The number of rotatable bonds is 12. The lowest BCUT2D eigenvalue weighted by Gasteiger charge is -2.17. The Morgan fingerprint density at radius 3 is 2.81 bits per heavy atom. The lowest BCUT2D eigenvalue weighted by Crippen LogP contribution is -2.25. The summed E-state index contributed by atoms with van der Waals surface area (Å²) in [7, 11) is 1.70. The summed E-state index contributed by atoms with van der Waals surface area (Å²) in [5.74, 6) is 0.305. The van der Waals surface area contributed by atoms with Crippen LogP contribution >= 0.6 is 0 Å². The molecule has 1 rings (SSSR count). The number of halogens is 1. The third-order valence-electron chi connectivity index (χ3n) is 3.40. The second kappa shape index (κ2) is 11.7. The molecule has 0 aliphatic carbocycles. The normalized spacial score (nSPS) is 12.5. The van der Waals surface area contributed by atoms with Crippen LogP contribution in [0, 0.1) is 11.7 Å². The van der Waals surface area contributed by atoms with Crippen LogP contribution in [0.4, 0.5) is 4.39 Å². The van der Waals surface area contributed by atoms with Gasteiger partial charge < -0.3 is 14.8 Å². The van der Waals surface area contributed by atoms with E-state index in [1.165, 1.54) is 6.07 Å². The van der Waals surface area contributed by atoms with E-state index in [-0.39, 0.29) is 5.82 Å². The summed E-state index contributed by atoms with van der Waals surface area (Å²) in [4.78, 5) is 0. The number of hydrogen-bond acceptors (Lipinski definition) is 3. The van der Waals surface area contributed by atoms with Crippen molar-refractivity contribution < 1.29 is 13.9 Å². The van der Waals surface area contributed by atoms with Crippen molar-refractivity contribution in [1.82, 2.24) is 5.32 Å². The van der Waals surface area contributed by atoms with E-state index in [0.717, 1.165) is 57.7 Å². The van der Waals surface area contributed by atoms with Gasteiger partial charge in [-0.2, -0.15) is 0 Å². The van der Waals surface area contributed by atoms with Crippen LogP contribution in [0.3, 0.4) is 0 Å². The highest BCUT2D eigenvalue weighted by molar-refractivity contribution is 5.16. The third-order valence-corrected chi connectivity index (χ3v) is 3.40. The van der Waals surface area contributed by atoms with E-state index in [1.54, 1.807) is 19.2 Å². The second-order valence-corrected chi connectivity index (χ2v) is 5.26. The molecule has 3 nitrogen and oxygen atoms in total.